The summed E-state index contributed by atoms with van der Waals surface area (Å²) in [6.45, 7) is 0.183. The number of anilines is 2. The number of carbonyl (C=O) groups excluding carboxylic acids is 1. The van der Waals surface area contributed by atoms with E-state index in [2.05, 4.69) is 0 Å². The van der Waals surface area contributed by atoms with Crippen molar-refractivity contribution < 1.29 is 28.5 Å². The van der Waals surface area contributed by atoms with Crippen molar-refractivity contribution in [2.45, 2.75) is 0 Å². The van der Waals surface area contributed by atoms with E-state index in [9.17, 15) is 28.5 Å². The van der Waals surface area contributed by atoms with Gasteiger partial charge < -0.3 is 20.2 Å². The fraction of sp³-hybridized carbons (Fsp3) is 0.188. The van der Waals surface area contributed by atoms with Gasteiger partial charge in [-0.2, -0.15) is 0 Å². The summed E-state index contributed by atoms with van der Waals surface area (Å²) in [6, 6.07) is 8.65. The van der Waals surface area contributed by atoms with Crippen molar-refractivity contribution in [2.24, 2.45) is 0 Å². The zero-order valence-electron chi connectivity index (χ0n) is 13.2. The molecule has 1 aliphatic heterocycles. The van der Waals surface area contributed by atoms with Gasteiger partial charge in [0.25, 0.3) is 5.91 Å². The maximum Gasteiger partial charge on any atom is 0.258 e. The topological polar surface area (TPSA) is 118 Å². The summed E-state index contributed by atoms with van der Waals surface area (Å²) in [5, 5.41) is 28.6. The predicted molar refractivity (Wildman–Crippen MR) is 91.7 cm³/mol. The van der Waals surface area contributed by atoms with Crippen molar-refractivity contribution in [3.63, 3.8) is 0 Å². The Morgan fingerprint density at radius 3 is 2.12 bits per heavy atom. The second kappa shape index (κ2) is 5.85. The molecule has 3 rings (SSSR count). The Morgan fingerprint density at radius 2 is 1.56 bits per heavy atom. The molecule has 0 aromatic heterocycles. The highest BCUT2D eigenvalue weighted by molar-refractivity contribution is 7.92. The lowest BCUT2D eigenvalue weighted by Crippen LogP contribution is -2.46. The summed E-state index contributed by atoms with van der Waals surface area (Å²) < 4.78 is 25.1. The minimum Gasteiger partial charge on any atom is -0.504 e. The lowest BCUT2D eigenvalue weighted by atomic mass is 10.1. The van der Waals surface area contributed by atoms with Crippen LogP contribution in [0.15, 0.2) is 36.4 Å². The molecule has 8 nitrogen and oxygen atoms in total. The number of hydrogen-bond donors (Lipinski definition) is 3. The van der Waals surface area contributed by atoms with Crippen molar-refractivity contribution in [2.75, 3.05) is 28.6 Å². The highest BCUT2D eigenvalue weighted by Crippen LogP contribution is 2.38. The van der Waals surface area contributed by atoms with Crippen molar-refractivity contribution in [1.29, 1.82) is 0 Å². The summed E-state index contributed by atoms with van der Waals surface area (Å²) in [7, 11) is -3.49. The molecule has 0 atom stereocenters. The lowest BCUT2D eigenvalue weighted by molar-refractivity contribution is 0.0986. The largest absolute Gasteiger partial charge is 0.504 e. The first-order valence-electron chi connectivity index (χ1n) is 7.33. The predicted octanol–water partition coefficient (Wildman–Crippen LogP) is 1.23. The van der Waals surface area contributed by atoms with Gasteiger partial charge in [0.05, 0.1) is 24.2 Å². The average molecular weight is 364 g/mol. The van der Waals surface area contributed by atoms with E-state index in [-0.39, 0.29) is 18.7 Å². The molecule has 0 radical (unpaired) electrons. The highest BCUT2D eigenvalue weighted by atomic mass is 32.2. The minimum absolute atomic E-state index is 0.0320. The molecule has 25 heavy (non-hydrogen) atoms. The van der Waals surface area contributed by atoms with Crippen LogP contribution >= 0.6 is 0 Å². The average Bonchev–Trinajstić information content (AvgIpc) is 2.56. The van der Waals surface area contributed by atoms with Gasteiger partial charge in [-0.3, -0.25) is 9.10 Å². The molecule has 0 saturated heterocycles. The molecule has 0 saturated carbocycles. The Labute approximate surface area is 144 Å². The number of carbonyl (C=O) groups is 1. The van der Waals surface area contributed by atoms with E-state index in [4.69, 9.17) is 0 Å². The number of phenolic OH excluding ortho intramolecular Hbond substituents is 3. The van der Waals surface area contributed by atoms with Crippen LogP contribution in [-0.4, -0.2) is 49.0 Å². The number of benzene rings is 2. The van der Waals surface area contributed by atoms with Gasteiger partial charge in [-0.1, -0.05) is 12.1 Å². The summed E-state index contributed by atoms with van der Waals surface area (Å²) in [5.74, 6) is -2.48. The molecule has 132 valence electrons. The smallest absolute Gasteiger partial charge is 0.258 e. The first kappa shape index (κ1) is 16.9. The van der Waals surface area contributed by atoms with Gasteiger partial charge >= 0.3 is 0 Å². The zero-order chi connectivity index (χ0) is 18.4. The first-order valence-corrected chi connectivity index (χ1v) is 9.18. The third-order valence-corrected chi connectivity index (χ3v) is 5.11. The van der Waals surface area contributed by atoms with Gasteiger partial charge in [0.2, 0.25) is 10.0 Å². The maximum atomic E-state index is 12.8. The maximum absolute atomic E-state index is 12.8. The molecule has 1 heterocycles. The van der Waals surface area contributed by atoms with Crippen LogP contribution in [0.4, 0.5) is 11.4 Å². The quantitative estimate of drug-likeness (QED) is 0.690. The van der Waals surface area contributed by atoms with Crippen molar-refractivity contribution in [3.05, 3.63) is 42.0 Å². The van der Waals surface area contributed by atoms with Crippen LogP contribution in [-0.2, 0) is 10.0 Å². The number of aromatic hydroxyl groups is 3. The lowest BCUT2D eigenvalue weighted by Gasteiger charge is -2.36. The number of phenols is 3. The second-order valence-electron chi connectivity index (χ2n) is 5.64. The van der Waals surface area contributed by atoms with E-state index >= 15 is 0 Å². The highest BCUT2D eigenvalue weighted by Gasteiger charge is 2.31. The van der Waals surface area contributed by atoms with Crippen LogP contribution in [0.25, 0.3) is 0 Å². The Morgan fingerprint density at radius 1 is 1.00 bits per heavy atom. The Balaban J connectivity index is 2.05. The second-order valence-corrected chi connectivity index (χ2v) is 7.55. The molecule has 1 aliphatic rings. The van der Waals surface area contributed by atoms with Gasteiger partial charge in [-0.15, -0.1) is 0 Å². The van der Waals surface area contributed by atoms with Crippen LogP contribution in [0.2, 0.25) is 0 Å². The minimum atomic E-state index is -3.49. The van der Waals surface area contributed by atoms with Gasteiger partial charge in [0.1, 0.15) is 0 Å². The zero-order valence-corrected chi connectivity index (χ0v) is 14.1. The first-order chi connectivity index (χ1) is 11.7. The summed E-state index contributed by atoms with van der Waals surface area (Å²) in [4.78, 5) is 14.2. The third kappa shape index (κ3) is 2.93. The number of fused-ring (bicyclic) bond motifs is 1. The molecule has 9 heteroatoms. The van der Waals surface area contributed by atoms with Crippen LogP contribution in [0.5, 0.6) is 17.2 Å². The van der Waals surface area contributed by atoms with Crippen molar-refractivity contribution in [1.82, 2.24) is 0 Å². The fourth-order valence-corrected chi connectivity index (χ4v) is 3.70. The molecule has 2 aromatic carbocycles. The standard InChI is InChI=1S/C16H16N2O6S/c1-25(23,24)18-7-6-17(11-4-2-3-5-12(11)18)16(22)10-8-13(19)15(21)14(20)9-10/h2-5,8-9,19-21H,6-7H2,1H3. The van der Waals surface area contributed by atoms with Crippen LogP contribution in [0.3, 0.4) is 0 Å². The van der Waals surface area contributed by atoms with E-state index in [0.29, 0.717) is 11.4 Å². The fourth-order valence-electron chi connectivity index (χ4n) is 2.77. The SMILES string of the molecule is CS(=O)(=O)N1CCN(C(=O)c2cc(O)c(O)c(O)c2)c2ccccc21. The number of hydrogen-bond acceptors (Lipinski definition) is 6. The monoisotopic (exact) mass is 364 g/mol. The van der Waals surface area contributed by atoms with E-state index in [1.54, 1.807) is 24.3 Å². The summed E-state index contributed by atoms with van der Waals surface area (Å²) >= 11 is 0. The van der Waals surface area contributed by atoms with Crippen molar-refractivity contribution in [3.8, 4) is 17.2 Å². The van der Waals surface area contributed by atoms with Crippen LogP contribution < -0.4 is 9.21 Å². The van der Waals surface area contributed by atoms with Gasteiger partial charge in [0, 0.05) is 12.1 Å². The number of amides is 1. The molecule has 3 N–H and O–H groups in total. The Hall–Kier alpha value is -2.94. The van der Waals surface area contributed by atoms with E-state index in [1.807, 2.05) is 0 Å². The molecule has 0 bridgehead atoms. The molecular weight excluding hydrogens is 348 g/mol. The van der Waals surface area contributed by atoms with Gasteiger partial charge in [0.15, 0.2) is 17.2 Å². The number of sulfonamides is 1. The number of para-hydroxylation sites is 2. The van der Waals surface area contributed by atoms with Crippen LogP contribution in [0.1, 0.15) is 10.4 Å². The molecule has 0 fully saturated rings. The van der Waals surface area contributed by atoms with Gasteiger partial charge in [-0.05, 0) is 24.3 Å². The summed E-state index contributed by atoms with van der Waals surface area (Å²) in [6.07, 6.45) is 1.09. The Kier molecular flexibility index (Phi) is 3.96. The molecule has 0 spiro atoms. The number of rotatable bonds is 2. The van der Waals surface area contributed by atoms with E-state index in [1.165, 1.54) is 9.21 Å². The number of nitrogens with zero attached hydrogens (tertiary/aromatic N) is 2. The third-order valence-electron chi connectivity index (χ3n) is 3.93. The molecular formula is C16H16N2O6S. The normalized spacial score (nSPS) is 14.3. The van der Waals surface area contributed by atoms with E-state index in [0.717, 1.165) is 18.4 Å². The molecule has 1 amide bonds. The molecule has 0 unspecified atom stereocenters. The van der Waals surface area contributed by atoms with E-state index < -0.39 is 33.2 Å². The summed E-state index contributed by atoms with van der Waals surface area (Å²) in [5.41, 5.74) is 0.739. The van der Waals surface area contributed by atoms with Crippen LogP contribution in [0, 0.1) is 0 Å². The van der Waals surface area contributed by atoms with Crippen molar-refractivity contribution >= 4 is 27.3 Å². The Bertz CT molecular complexity index is 934. The molecule has 0 aliphatic carbocycles. The molecule has 2 aromatic rings. The van der Waals surface area contributed by atoms with Gasteiger partial charge in [-0.25, -0.2) is 8.42 Å².